The number of rotatable bonds is 2. The van der Waals surface area contributed by atoms with Gasteiger partial charge in [-0.25, -0.2) is 0 Å². The first-order valence-electron chi connectivity index (χ1n) is 3.84. The molecule has 0 unspecified atom stereocenters. The first-order valence-corrected chi connectivity index (χ1v) is 3.84. The van der Waals surface area contributed by atoms with Crippen molar-refractivity contribution in [1.82, 2.24) is 9.97 Å². The molecule has 0 radical (unpaired) electrons. The van der Waals surface area contributed by atoms with E-state index in [2.05, 4.69) is 9.97 Å². The summed E-state index contributed by atoms with van der Waals surface area (Å²) in [6.45, 7) is 0. The zero-order valence-electron chi connectivity index (χ0n) is 7.32. The average Bonchev–Trinajstić information content (AvgIpc) is 2.81. The monoisotopic (exact) mass is 180 g/mol. The van der Waals surface area contributed by atoms with Crippen LogP contribution in [0.2, 0.25) is 0 Å². The van der Waals surface area contributed by atoms with Gasteiger partial charge in [0.15, 0.2) is 11.8 Å². The van der Waals surface area contributed by atoms with E-state index in [1.54, 1.807) is 0 Å². The number of hydrogen-bond donors (Lipinski definition) is 3. The maximum atomic E-state index is 7.00. The standard InChI is InChI=1S/C8H8N2O.CH4O/c1-3-7(9-5-1)11-8-4-2-6-10-8;1-2/h1-6,9-10H;2H,1H3. The lowest BCUT2D eigenvalue weighted by atomic mass is 10.6. The fourth-order valence-corrected chi connectivity index (χ4v) is 0.873. The third-order valence-electron chi connectivity index (χ3n) is 1.36. The van der Waals surface area contributed by atoms with Gasteiger partial charge in [-0.1, -0.05) is 0 Å². The lowest BCUT2D eigenvalue weighted by molar-refractivity contribution is 0.399. The molecule has 0 aliphatic heterocycles. The van der Waals surface area contributed by atoms with E-state index in [4.69, 9.17) is 9.84 Å². The van der Waals surface area contributed by atoms with Crippen LogP contribution in [-0.4, -0.2) is 22.2 Å². The summed E-state index contributed by atoms with van der Waals surface area (Å²) in [5.74, 6) is 1.49. The van der Waals surface area contributed by atoms with Crippen molar-refractivity contribution in [2.45, 2.75) is 0 Å². The van der Waals surface area contributed by atoms with Crippen LogP contribution in [0.15, 0.2) is 36.7 Å². The Hall–Kier alpha value is -1.68. The Morgan fingerprint density at radius 3 is 1.77 bits per heavy atom. The summed E-state index contributed by atoms with van der Waals surface area (Å²) in [5.41, 5.74) is 0. The first-order chi connectivity index (χ1) is 6.45. The van der Waals surface area contributed by atoms with Crippen molar-refractivity contribution >= 4 is 0 Å². The molecular weight excluding hydrogens is 168 g/mol. The van der Waals surface area contributed by atoms with Crippen molar-refractivity contribution in [1.29, 1.82) is 0 Å². The molecular formula is C9H12N2O2. The number of nitrogens with one attached hydrogen (secondary N) is 2. The van der Waals surface area contributed by atoms with E-state index in [1.807, 2.05) is 36.7 Å². The molecule has 2 aromatic heterocycles. The SMILES string of the molecule is CO.c1c[nH]c(Oc2ccc[nH]2)c1. The molecule has 0 aromatic carbocycles. The van der Waals surface area contributed by atoms with E-state index in [0.717, 1.165) is 18.9 Å². The lowest BCUT2D eigenvalue weighted by Gasteiger charge is -1.96. The minimum absolute atomic E-state index is 0.743. The fraction of sp³-hybridized carbons (Fsp3) is 0.111. The van der Waals surface area contributed by atoms with Crippen molar-refractivity contribution in [2.24, 2.45) is 0 Å². The van der Waals surface area contributed by atoms with Crippen LogP contribution in [0.1, 0.15) is 0 Å². The van der Waals surface area contributed by atoms with Crippen molar-refractivity contribution < 1.29 is 9.84 Å². The molecule has 0 fully saturated rings. The molecule has 2 rings (SSSR count). The second kappa shape index (κ2) is 5.05. The summed E-state index contributed by atoms with van der Waals surface area (Å²) >= 11 is 0. The molecule has 70 valence electrons. The van der Waals surface area contributed by atoms with Gasteiger partial charge in [0.25, 0.3) is 0 Å². The van der Waals surface area contributed by atoms with Crippen LogP contribution in [0.4, 0.5) is 0 Å². The number of ether oxygens (including phenoxy) is 1. The van der Waals surface area contributed by atoms with E-state index < -0.39 is 0 Å². The molecule has 0 aliphatic rings. The van der Waals surface area contributed by atoms with Gasteiger partial charge >= 0.3 is 0 Å². The molecule has 0 saturated carbocycles. The Kier molecular flexibility index (Phi) is 3.66. The minimum atomic E-state index is 0.743. The third-order valence-corrected chi connectivity index (χ3v) is 1.36. The predicted octanol–water partition coefficient (Wildman–Crippen LogP) is 1.74. The Bertz CT molecular complexity index is 268. The summed E-state index contributed by atoms with van der Waals surface area (Å²) in [5, 5.41) is 7.00. The van der Waals surface area contributed by atoms with E-state index in [9.17, 15) is 0 Å². The number of aliphatic hydroxyl groups excluding tert-OH is 1. The highest BCUT2D eigenvalue weighted by molar-refractivity contribution is 5.19. The number of aromatic nitrogens is 2. The van der Waals surface area contributed by atoms with Gasteiger partial charge in [0, 0.05) is 31.6 Å². The van der Waals surface area contributed by atoms with Gasteiger partial charge in [0.1, 0.15) is 0 Å². The van der Waals surface area contributed by atoms with E-state index >= 15 is 0 Å². The quantitative estimate of drug-likeness (QED) is 0.659. The second-order valence-electron chi connectivity index (χ2n) is 2.17. The normalized spacial score (nSPS) is 8.77. The van der Waals surface area contributed by atoms with Gasteiger partial charge in [0.2, 0.25) is 0 Å². The van der Waals surface area contributed by atoms with Gasteiger partial charge in [-0.15, -0.1) is 0 Å². The van der Waals surface area contributed by atoms with Gasteiger partial charge in [0.05, 0.1) is 0 Å². The minimum Gasteiger partial charge on any atom is -0.425 e. The second-order valence-corrected chi connectivity index (χ2v) is 2.17. The zero-order chi connectivity index (χ0) is 9.52. The number of aliphatic hydroxyl groups is 1. The van der Waals surface area contributed by atoms with Gasteiger partial charge < -0.3 is 19.8 Å². The highest BCUT2D eigenvalue weighted by Gasteiger charge is 1.94. The summed E-state index contributed by atoms with van der Waals surface area (Å²) in [4.78, 5) is 5.87. The maximum absolute atomic E-state index is 7.00. The average molecular weight is 180 g/mol. The zero-order valence-corrected chi connectivity index (χ0v) is 7.32. The van der Waals surface area contributed by atoms with Crippen LogP contribution in [0.25, 0.3) is 0 Å². The Balaban J connectivity index is 0.000000396. The molecule has 0 spiro atoms. The van der Waals surface area contributed by atoms with Crippen molar-refractivity contribution in [2.75, 3.05) is 7.11 Å². The molecule has 0 saturated heterocycles. The van der Waals surface area contributed by atoms with Crippen LogP contribution in [-0.2, 0) is 0 Å². The Morgan fingerprint density at radius 2 is 1.46 bits per heavy atom. The summed E-state index contributed by atoms with van der Waals surface area (Å²) < 4.78 is 5.35. The van der Waals surface area contributed by atoms with Crippen LogP contribution >= 0.6 is 0 Å². The van der Waals surface area contributed by atoms with Gasteiger partial charge in [-0.2, -0.15) is 0 Å². The van der Waals surface area contributed by atoms with Crippen LogP contribution in [0.5, 0.6) is 11.8 Å². The van der Waals surface area contributed by atoms with Crippen LogP contribution in [0, 0.1) is 0 Å². The van der Waals surface area contributed by atoms with Crippen LogP contribution in [0.3, 0.4) is 0 Å². The van der Waals surface area contributed by atoms with E-state index in [1.165, 1.54) is 0 Å². The van der Waals surface area contributed by atoms with Crippen molar-refractivity contribution in [3.63, 3.8) is 0 Å². The number of aromatic amines is 2. The topological polar surface area (TPSA) is 61.0 Å². The Morgan fingerprint density at radius 1 is 1.00 bits per heavy atom. The summed E-state index contributed by atoms with van der Waals surface area (Å²) in [7, 11) is 1.00. The van der Waals surface area contributed by atoms with Crippen molar-refractivity contribution in [3.05, 3.63) is 36.7 Å². The predicted molar refractivity (Wildman–Crippen MR) is 49.8 cm³/mol. The molecule has 2 heterocycles. The third kappa shape index (κ3) is 2.68. The molecule has 0 bridgehead atoms. The van der Waals surface area contributed by atoms with Gasteiger partial charge in [-0.05, 0) is 12.1 Å². The summed E-state index contributed by atoms with van der Waals surface area (Å²) in [6.07, 6.45) is 3.64. The number of hydrogen-bond acceptors (Lipinski definition) is 2. The summed E-state index contributed by atoms with van der Waals surface area (Å²) in [6, 6.07) is 7.50. The molecule has 4 heteroatoms. The number of H-pyrrole nitrogens is 2. The molecule has 3 N–H and O–H groups in total. The Labute approximate surface area is 76.2 Å². The van der Waals surface area contributed by atoms with Crippen molar-refractivity contribution in [3.8, 4) is 11.8 Å². The first kappa shape index (κ1) is 9.41. The molecule has 0 aliphatic carbocycles. The maximum Gasteiger partial charge on any atom is 0.199 e. The van der Waals surface area contributed by atoms with Crippen LogP contribution < -0.4 is 4.74 Å². The highest BCUT2D eigenvalue weighted by atomic mass is 16.5. The smallest absolute Gasteiger partial charge is 0.199 e. The highest BCUT2D eigenvalue weighted by Crippen LogP contribution is 2.15. The van der Waals surface area contributed by atoms with E-state index in [-0.39, 0.29) is 0 Å². The van der Waals surface area contributed by atoms with Gasteiger partial charge in [-0.3, -0.25) is 0 Å². The lowest BCUT2D eigenvalue weighted by Crippen LogP contribution is -1.81. The largest absolute Gasteiger partial charge is 0.425 e. The van der Waals surface area contributed by atoms with E-state index in [0.29, 0.717) is 0 Å². The molecule has 0 atom stereocenters. The molecule has 0 amide bonds. The molecule has 2 aromatic rings. The molecule has 13 heavy (non-hydrogen) atoms. The fourth-order valence-electron chi connectivity index (χ4n) is 0.873. The molecule has 4 nitrogen and oxygen atoms in total.